The molecule has 1 aromatic heterocycles. The second-order valence-electron chi connectivity index (χ2n) is 5.62. The van der Waals surface area contributed by atoms with Gasteiger partial charge in [-0.2, -0.15) is 0 Å². The number of aromatic amines is 1. The normalized spacial score (nSPS) is 12.4. The summed E-state index contributed by atoms with van der Waals surface area (Å²) >= 11 is 0. The first-order valence-electron chi connectivity index (χ1n) is 7.25. The van der Waals surface area contributed by atoms with Crippen LogP contribution in [0.2, 0.25) is 0 Å². The monoisotopic (exact) mass is 326 g/mol. The van der Waals surface area contributed by atoms with E-state index in [2.05, 4.69) is 10.3 Å². The second kappa shape index (κ2) is 4.82. The molecule has 24 heavy (non-hydrogen) atoms. The molecule has 0 atom stereocenters. The average Bonchev–Trinajstić information content (AvgIpc) is 2.56. The highest BCUT2D eigenvalue weighted by Crippen LogP contribution is 2.43. The molecule has 0 bridgehead atoms. The number of hydrogen-bond donors (Lipinski definition) is 5. The number of nitrogens with one attached hydrogen (secondary N) is 2. The van der Waals surface area contributed by atoms with Crippen LogP contribution in [0.25, 0.3) is 22.0 Å². The van der Waals surface area contributed by atoms with E-state index in [9.17, 15) is 20.1 Å². The highest BCUT2D eigenvalue weighted by Gasteiger charge is 2.23. The smallest absolute Gasteiger partial charge is 0.256 e. The molecule has 1 aliphatic heterocycles. The molecule has 5 N–H and O–H groups in total. The number of benzene rings is 2. The lowest BCUT2D eigenvalue weighted by molar-refractivity contribution is 0.374. The van der Waals surface area contributed by atoms with Crippen molar-refractivity contribution in [2.45, 2.75) is 6.54 Å². The van der Waals surface area contributed by atoms with Crippen molar-refractivity contribution in [2.75, 3.05) is 12.4 Å². The van der Waals surface area contributed by atoms with Gasteiger partial charge in [0.1, 0.15) is 0 Å². The molecule has 0 spiro atoms. The fourth-order valence-corrected chi connectivity index (χ4v) is 3.09. The lowest BCUT2D eigenvalue weighted by Gasteiger charge is -2.23. The van der Waals surface area contributed by atoms with E-state index in [1.165, 1.54) is 25.3 Å². The maximum Gasteiger partial charge on any atom is 0.256 e. The largest absolute Gasteiger partial charge is 0.504 e. The van der Waals surface area contributed by atoms with Gasteiger partial charge in [-0.05, 0) is 23.6 Å². The fourth-order valence-electron chi connectivity index (χ4n) is 3.09. The Kier molecular flexibility index (Phi) is 2.86. The molecule has 2 aromatic carbocycles. The topological polar surface area (TPSA) is 115 Å². The summed E-state index contributed by atoms with van der Waals surface area (Å²) < 4.78 is 5.13. The summed E-state index contributed by atoms with van der Waals surface area (Å²) in [5.74, 6) is -0.344. The number of aromatic nitrogens is 1. The third kappa shape index (κ3) is 1.88. The summed E-state index contributed by atoms with van der Waals surface area (Å²) in [6, 6.07) is 5.80. The standard InChI is InChI=1S/C17H14N2O5/c1-24-15-4-7-8(2-14(15)22)17(23)19-16-9-3-12(20)13(21)5-11(9)18-6-10(7)16/h2-5,18,20-22H,6H2,1H3,(H,19,23). The van der Waals surface area contributed by atoms with Gasteiger partial charge in [-0.25, -0.2) is 0 Å². The number of phenols is 3. The number of fused-ring (bicyclic) bond motifs is 5. The molecular formula is C17H14N2O5. The number of methoxy groups -OCH3 is 1. The number of H-pyrrole nitrogens is 1. The van der Waals surface area contributed by atoms with Gasteiger partial charge in [0, 0.05) is 29.4 Å². The highest BCUT2D eigenvalue weighted by molar-refractivity contribution is 5.95. The van der Waals surface area contributed by atoms with Gasteiger partial charge in [-0.1, -0.05) is 0 Å². The molecule has 7 heteroatoms. The fraction of sp³-hybridized carbons (Fsp3) is 0.118. The van der Waals surface area contributed by atoms with Crippen molar-refractivity contribution in [1.29, 1.82) is 0 Å². The van der Waals surface area contributed by atoms with Crippen molar-refractivity contribution >= 4 is 16.5 Å². The Bertz CT molecular complexity index is 1060. The minimum absolute atomic E-state index is 0.109. The minimum atomic E-state index is -0.359. The van der Waals surface area contributed by atoms with E-state index >= 15 is 0 Å². The van der Waals surface area contributed by atoms with Crippen molar-refractivity contribution in [3.63, 3.8) is 0 Å². The minimum Gasteiger partial charge on any atom is -0.504 e. The van der Waals surface area contributed by atoms with Crippen LogP contribution in [0.15, 0.2) is 29.1 Å². The first kappa shape index (κ1) is 14.3. The average molecular weight is 326 g/mol. The third-order valence-electron chi connectivity index (χ3n) is 4.27. The summed E-state index contributed by atoms with van der Waals surface area (Å²) in [7, 11) is 1.44. The number of hydrogen-bond acceptors (Lipinski definition) is 6. The molecule has 7 nitrogen and oxygen atoms in total. The predicted molar refractivity (Wildman–Crippen MR) is 88.9 cm³/mol. The summed E-state index contributed by atoms with van der Waals surface area (Å²) in [5, 5.41) is 33.5. The number of ether oxygens (including phenoxy) is 1. The van der Waals surface area contributed by atoms with Crippen molar-refractivity contribution < 1.29 is 20.1 Å². The zero-order valence-corrected chi connectivity index (χ0v) is 12.7. The van der Waals surface area contributed by atoms with E-state index in [0.717, 1.165) is 5.56 Å². The molecule has 0 amide bonds. The van der Waals surface area contributed by atoms with E-state index in [-0.39, 0.29) is 28.6 Å². The number of pyridine rings is 1. The first-order chi connectivity index (χ1) is 11.5. The van der Waals surface area contributed by atoms with Gasteiger partial charge < -0.3 is 30.4 Å². The van der Waals surface area contributed by atoms with Crippen molar-refractivity contribution in [3.05, 3.63) is 40.2 Å². The summed E-state index contributed by atoms with van der Waals surface area (Å²) in [4.78, 5) is 15.2. The molecule has 4 rings (SSSR count). The molecule has 0 aliphatic carbocycles. The molecular weight excluding hydrogens is 312 g/mol. The van der Waals surface area contributed by atoms with Crippen LogP contribution in [0.4, 0.5) is 5.69 Å². The SMILES string of the molecule is COc1cc2c3c([nH]c(=O)c2cc1O)-c1cc(O)c(O)cc1NC3. The van der Waals surface area contributed by atoms with Crippen LogP contribution in [0.3, 0.4) is 0 Å². The molecule has 0 radical (unpaired) electrons. The van der Waals surface area contributed by atoms with Crippen molar-refractivity contribution in [1.82, 2.24) is 4.98 Å². The Morgan fingerprint density at radius 1 is 1.00 bits per heavy atom. The van der Waals surface area contributed by atoms with Gasteiger partial charge in [-0.15, -0.1) is 0 Å². The zero-order valence-electron chi connectivity index (χ0n) is 12.7. The van der Waals surface area contributed by atoms with Crippen LogP contribution in [0.5, 0.6) is 23.0 Å². The van der Waals surface area contributed by atoms with Crippen LogP contribution in [-0.2, 0) is 6.54 Å². The lowest BCUT2D eigenvalue weighted by Crippen LogP contribution is -2.17. The number of phenolic OH excluding ortho intramolecular Hbond substituents is 3. The van der Waals surface area contributed by atoms with Gasteiger partial charge in [0.2, 0.25) is 0 Å². The van der Waals surface area contributed by atoms with E-state index in [1.807, 2.05) is 0 Å². The quantitative estimate of drug-likeness (QED) is 0.346. The van der Waals surface area contributed by atoms with Gasteiger partial charge in [0.15, 0.2) is 23.0 Å². The van der Waals surface area contributed by atoms with Gasteiger partial charge in [-0.3, -0.25) is 4.79 Å². The number of anilines is 1. The molecule has 0 saturated carbocycles. The molecule has 0 saturated heterocycles. The maximum atomic E-state index is 12.4. The third-order valence-corrected chi connectivity index (χ3v) is 4.27. The Hall–Kier alpha value is -3.35. The van der Waals surface area contributed by atoms with E-state index < -0.39 is 0 Å². The highest BCUT2D eigenvalue weighted by atomic mass is 16.5. The van der Waals surface area contributed by atoms with Crippen LogP contribution < -0.4 is 15.6 Å². The van der Waals surface area contributed by atoms with Gasteiger partial charge >= 0.3 is 0 Å². The Morgan fingerprint density at radius 3 is 2.50 bits per heavy atom. The van der Waals surface area contributed by atoms with Crippen LogP contribution in [0, 0.1) is 0 Å². The van der Waals surface area contributed by atoms with Crippen LogP contribution >= 0.6 is 0 Å². The Morgan fingerprint density at radius 2 is 1.75 bits per heavy atom. The van der Waals surface area contributed by atoms with E-state index in [4.69, 9.17) is 4.74 Å². The first-order valence-corrected chi connectivity index (χ1v) is 7.25. The van der Waals surface area contributed by atoms with E-state index in [0.29, 0.717) is 34.3 Å². The molecule has 2 heterocycles. The summed E-state index contributed by atoms with van der Waals surface area (Å²) in [5.41, 5.74) is 2.20. The predicted octanol–water partition coefficient (Wildman–Crippen LogP) is 2.25. The van der Waals surface area contributed by atoms with Crippen molar-refractivity contribution in [2.24, 2.45) is 0 Å². The molecule has 3 aromatic rings. The zero-order chi connectivity index (χ0) is 17.0. The number of rotatable bonds is 1. The Balaban J connectivity index is 2.09. The maximum absolute atomic E-state index is 12.4. The van der Waals surface area contributed by atoms with Gasteiger partial charge in [0.25, 0.3) is 5.56 Å². The molecule has 122 valence electrons. The Labute approximate surface area is 135 Å². The lowest BCUT2D eigenvalue weighted by atomic mass is 9.95. The molecule has 1 aliphatic rings. The summed E-state index contributed by atoms with van der Waals surface area (Å²) in [6.07, 6.45) is 0. The van der Waals surface area contributed by atoms with Gasteiger partial charge in [0.05, 0.1) is 18.2 Å². The van der Waals surface area contributed by atoms with Crippen LogP contribution in [-0.4, -0.2) is 27.4 Å². The number of aromatic hydroxyl groups is 3. The molecule has 0 fully saturated rings. The van der Waals surface area contributed by atoms with Crippen LogP contribution in [0.1, 0.15) is 5.56 Å². The second-order valence-corrected chi connectivity index (χ2v) is 5.62. The van der Waals surface area contributed by atoms with Crippen molar-refractivity contribution in [3.8, 4) is 34.3 Å². The summed E-state index contributed by atoms with van der Waals surface area (Å²) in [6.45, 7) is 0.410. The van der Waals surface area contributed by atoms with E-state index in [1.54, 1.807) is 6.07 Å². The molecule has 0 unspecified atom stereocenters.